The van der Waals surface area contributed by atoms with Crippen LogP contribution < -0.4 is 5.32 Å². The molecular formula is C12H18N4O4. The van der Waals surface area contributed by atoms with E-state index in [2.05, 4.69) is 10.4 Å². The second-order valence-corrected chi connectivity index (χ2v) is 5.42. The summed E-state index contributed by atoms with van der Waals surface area (Å²) in [5.74, 6) is -0.905. The Morgan fingerprint density at radius 2 is 2.15 bits per heavy atom. The number of rotatable bonds is 6. The predicted molar refractivity (Wildman–Crippen MR) is 71.7 cm³/mol. The Morgan fingerprint density at radius 3 is 2.55 bits per heavy atom. The third kappa shape index (κ3) is 2.59. The number of hydrogen-bond acceptors (Lipinski definition) is 5. The maximum absolute atomic E-state index is 11.3. The lowest BCUT2D eigenvalue weighted by atomic mass is 10.1. The summed E-state index contributed by atoms with van der Waals surface area (Å²) < 4.78 is 1.35. The van der Waals surface area contributed by atoms with Crippen LogP contribution in [0.2, 0.25) is 0 Å². The van der Waals surface area contributed by atoms with E-state index in [9.17, 15) is 20.0 Å². The van der Waals surface area contributed by atoms with Crippen LogP contribution in [-0.4, -0.2) is 31.8 Å². The number of aliphatic carboxylic acids is 1. The standard InChI is InChI=1S/C12H18N4O4/c1-6(2)8-10(16(19)20)11(15(3)14-8)13-9(12(17)18)7-4-5-7/h6-7,9,13H,4-5H2,1-3H3,(H,17,18). The van der Waals surface area contributed by atoms with Gasteiger partial charge < -0.3 is 10.4 Å². The molecular weight excluding hydrogens is 264 g/mol. The SMILES string of the molecule is CC(C)c1nn(C)c(NC(C(=O)O)C2CC2)c1[N+](=O)[O-]. The Morgan fingerprint density at radius 1 is 1.55 bits per heavy atom. The van der Waals surface area contributed by atoms with Gasteiger partial charge in [-0.25, -0.2) is 9.48 Å². The summed E-state index contributed by atoms with van der Waals surface area (Å²) in [5.41, 5.74) is 0.231. The van der Waals surface area contributed by atoms with Crippen molar-refractivity contribution in [3.05, 3.63) is 15.8 Å². The molecule has 20 heavy (non-hydrogen) atoms. The van der Waals surface area contributed by atoms with Gasteiger partial charge in [0.1, 0.15) is 11.7 Å². The Bertz CT molecular complexity index is 548. The fourth-order valence-electron chi connectivity index (χ4n) is 2.22. The number of aromatic nitrogens is 2. The zero-order valence-corrected chi connectivity index (χ0v) is 11.7. The molecule has 1 saturated carbocycles. The van der Waals surface area contributed by atoms with Gasteiger partial charge in [0.05, 0.1) is 4.92 Å². The van der Waals surface area contributed by atoms with Crippen molar-refractivity contribution in [2.24, 2.45) is 13.0 Å². The Balaban J connectivity index is 2.39. The summed E-state index contributed by atoms with van der Waals surface area (Å²) in [6.45, 7) is 3.63. The van der Waals surface area contributed by atoms with E-state index in [-0.39, 0.29) is 23.3 Å². The first kappa shape index (κ1) is 14.3. The molecule has 2 N–H and O–H groups in total. The van der Waals surface area contributed by atoms with Gasteiger partial charge in [0.2, 0.25) is 5.82 Å². The maximum atomic E-state index is 11.3. The molecule has 8 nitrogen and oxygen atoms in total. The van der Waals surface area contributed by atoms with Crippen molar-refractivity contribution in [1.82, 2.24) is 9.78 Å². The van der Waals surface area contributed by atoms with Gasteiger partial charge >= 0.3 is 11.7 Å². The summed E-state index contributed by atoms with van der Waals surface area (Å²) >= 11 is 0. The van der Waals surface area contributed by atoms with Gasteiger partial charge in [-0.1, -0.05) is 13.8 Å². The summed E-state index contributed by atoms with van der Waals surface area (Å²) in [6, 6.07) is -0.802. The van der Waals surface area contributed by atoms with Crippen LogP contribution in [0.3, 0.4) is 0 Å². The third-order valence-electron chi connectivity index (χ3n) is 3.43. The number of carboxylic acids is 1. The van der Waals surface area contributed by atoms with E-state index in [0.29, 0.717) is 5.69 Å². The van der Waals surface area contributed by atoms with Gasteiger partial charge in [0.25, 0.3) is 0 Å². The van der Waals surface area contributed by atoms with Gasteiger partial charge in [0, 0.05) is 13.0 Å². The molecule has 1 atom stereocenters. The van der Waals surface area contributed by atoms with E-state index in [1.165, 1.54) is 4.68 Å². The molecule has 1 aliphatic carbocycles. The molecule has 0 radical (unpaired) electrons. The van der Waals surface area contributed by atoms with Crippen LogP contribution in [0.4, 0.5) is 11.5 Å². The summed E-state index contributed by atoms with van der Waals surface area (Å²) in [7, 11) is 1.58. The molecule has 0 bridgehead atoms. The molecule has 1 aliphatic rings. The molecule has 1 aromatic rings. The molecule has 1 unspecified atom stereocenters. The van der Waals surface area contributed by atoms with Crippen LogP contribution in [0.1, 0.15) is 38.3 Å². The zero-order valence-electron chi connectivity index (χ0n) is 11.7. The Labute approximate surface area is 115 Å². The number of carbonyl (C=O) groups is 1. The Kier molecular flexibility index (Phi) is 3.65. The summed E-state index contributed by atoms with van der Waals surface area (Å²) in [6.07, 6.45) is 1.65. The highest BCUT2D eigenvalue weighted by Crippen LogP contribution is 2.38. The number of hydrogen-bond donors (Lipinski definition) is 2. The van der Waals surface area contributed by atoms with E-state index >= 15 is 0 Å². The largest absolute Gasteiger partial charge is 0.480 e. The van der Waals surface area contributed by atoms with Crippen LogP contribution >= 0.6 is 0 Å². The minimum Gasteiger partial charge on any atom is -0.480 e. The summed E-state index contributed by atoms with van der Waals surface area (Å²) in [5, 5.41) is 27.4. The van der Waals surface area contributed by atoms with E-state index in [0.717, 1.165) is 12.8 Å². The molecule has 1 aromatic heterocycles. The van der Waals surface area contributed by atoms with E-state index in [1.54, 1.807) is 7.05 Å². The van der Waals surface area contributed by atoms with Crippen LogP contribution in [0, 0.1) is 16.0 Å². The first-order chi connectivity index (χ1) is 9.32. The van der Waals surface area contributed by atoms with E-state index in [1.807, 2.05) is 13.8 Å². The minimum absolute atomic E-state index is 0.0319. The highest BCUT2D eigenvalue weighted by atomic mass is 16.6. The van der Waals surface area contributed by atoms with Crippen molar-refractivity contribution >= 4 is 17.5 Å². The second-order valence-electron chi connectivity index (χ2n) is 5.42. The highest BCUT2D eigenvalue weighted by molar-refractivity contribution is 5.79. The third-order valence-corrected chi connectivity index (χ3v) is 3.43. The molecule has 0 amide bonds. The molecule has 1 fully saturated rings. The number of nitrogens with zero attached hydrogens (tertiary/aromatic N) is 3. The number of aryl methyl sites for hydroxylation is 1. The average molecular weight is 282 g/mol. The minimum atomic E-state index is -0.992. The van der Waals surface area contributed by atoms with Crippen LogP contribution in [-0.2, 0) is 11.8 Å². The lowest BCUT2D eigenvalue weighted by Gasteiger charge is -2.14. The first-order valence-corrected chi connectivity index (χ1v) is 6.53. The average Bonchev–Trinajstić information content (AvgIpc) is 3.10. The van der Waals surface area contributed by atoms with Gasteiger partial charge in [-0.15, -0.1) is 0 Å². The number of carboxylic acid groups (broad SMARTS) is 1. The van der Waals surface area contributed by atoms with Gasteiger partial charge in [-0.3, -0.25) is 10.1 Å². The quantitative estimate of drug-likeness (QED) is 0.607. The van der Waals surface area contributed by atoms with Crippen molar-refractivity contribution in [2.45, 2.75) is 38.6 Å². The number of nitro groups is 1. The molecule has 0 spiro atoms. The van der Waals surface area contributed by atoms with Crippen LogP contribution in [0.5, 0.6) is 0 Å². The van der Waals surface area contributed by atoms with Crippen LogP contribution in [0.15, 0.2) is 0 Å². The molecule has 0 saturated heterocycles. The lowest BCUT2D eigenvalue weighted by Crippen LogP contribution is -2.32. The predicted octanol–water partition coefficient (Wildman–Crippen LogP) is 1.73. The molecule has 0 aromatic carbocycles. The maximum Gasteiger partial charge on any atom is 0.334 e. The van der Waals surface area contributed by atoms with E-state index < -0.39 is 16.9 Å². The number of anilines is 1. The molecule has 1 heterocycles. The van der Waals surface area contributed by atoms with Gasteiger partial charge in [0.15, 0.2) is 0 Å². The fraction of sp³-hybridized carbons (Fsp3) is 0.667. The van der Waals surface area contributed by atoms with Crippen molar-refractivity contribution < 1.29 is 14.8 Å². The monoisotopic (exact) mass is 282 g/mol. The topological polar surface area (TPSA) is 110 Å². The summed E-state index contributed by atoms with van der Waals surface area (Å²) in [4.78, 5) is 22.0. The van der Waals surface area contributed by atoms with Crippen LogP contribution in [0.25, 0.3) is 0 Å². The normalized spacial score (nSPS) is 16.2. The molecule has 110 valence electrons. The van der Waals surface area contributed by atoms with Crippen molar-refractivity contribution in [3.8, 4) is 0 Å². The number of nitrogens with one attached hydrogen (secondary N) is 1. The zero-order chi connectivity index (χ0) is 15.0. The van der Waals surface area contributed by atoms with Crippen molar-refractivity contribution in [3.63, 3.8) is 0 Å². The van der Waals surface area contributed by atoms with E-state index in [4.69, 9.17) is 0 Å². The van der Waals surface area contributed by atoms with Gasteiger partial charge in [-0.05, 0) is 18.8 Å². The molecule has 0 aliphatic heterocycles. The smallest absolute Gasteiger partial charge is 0.334 e. The molecule has 8 heteroatoms. The Hall–Kier alpha value is -2.12. The van der Waals surface area contributed by atoms with Gasteiger partial charge in [-0.2, -0.15) is 5.10 Å². The van der Waals surface area contributed by atoms with Crippen molar-refractivity contribution in [1.29, 1.82) is 0 Å². The lowest BCUT2D eigenvalue weighted by molar-refractivity contribution is -0.384. The first-order valence-electron chi connectivity index (χ1n) is 6.53. The second kappa shape index (κ2) is 5.10. The fourth-order valence-corrected chi connectivity index (χ4v) is 2.22. The molecule has 2 rings (SSSR count). The van der Waals surface area contributed by atoms with Crippen molar-refractivity contribution in [2.75, 3.05) is 5.32 Å². The highest BCUT2D eigenvalue weighted by Gasteiger charge is 2.39.